The van der Waals surface area contributed by atoms with Crippen LogP contribution in [0.15, 0.2) is 11.3 Å². The van der Waals surface area contributed by atoms with Crippen LogP contribution in [0.2, 0.25) is 0 Å². The Morgan fingerprint density at radius 1 is 1.29 bits per heavy atom. The van der Waals surface area contributed by atoms with E-state index in [0.717, 1.165) is 0 Å². The predicted octanol–water partition coefficient (Wildman–Crippen LogP) is 0.835. The van der Waals surface area contributed by atoms with Gasteiger partial charge in [0.2, 0.25) is 11.8 Å². The molecule has 132 valence electrons. The molecule has 0 aromatic rings. The number of Topliss-reactive ketones (excluding diaryl/α,β-unsaturated/α-hetero) is 1. The molecular formula is C17H24N2O5. The van der Waals surface area contributed by atoms with Crippen LogP contribution in [0, 0.1) is 11.3 Å². The van der Waals surface area contributed by atoms with Crippen molar-refractivity contribution in [3.05, 3.63) is 11.3 Å². The molecule has 1 aliphatic carbocycles. The van der Waals surface area contributed by atoms with Crippen LogP contribution in [0.5, 0.6) is 0 Å². The van der Waals surface area contributed by atoms with Crippen molar-refractivity contribution in [1.82, 2.24) is 10.6 Å². The summed E-state index contributed by atoms with van der Waals surface area (Å²) in [7, 11) is 0. The van der Waals surface area contributed by atoms with Gasteiger partial charge in [-0.25, -0.2) is 0 Å². The second-order valence-electron chi connectivity index (χ2n) is 7.07. The van der Waals surface area contributed by atoms with Crippen LogP contribution in [0.1, 0.15) is 46.5 Å². The topological polar surface area (TPSA) is 102 Å². The zero-order valence-corrected chi connectivity index (χ0v) is 14.4. The summed E-state index contributed by atoms with van der Waals surface area (Å²) in [5, 5.41) is 5.23. The van der Waals surface area contributed by atoms with Gasteiger partial charge >= 0.3 is 5.97 Å². The molecule has 2 rings (SSSR count). The summed E-state index contributed by atoms with van der Waals surface area (Å²) >= 11 is 0. The number of hydrogen-bond acceptors (Lipinski definition) is 5. The Hall–Kier alpha value is -2.18. The molecule has 1 heterocycles. The fourth-order valence-electron chi connectivity index (χ4n) is 3.15. The highest BCUT2D eigenvalue weighted by atomic mass is 16.5. The van der Waals surface area contributed by atoms with Crippen LogP contribution >= 0.6 is 0 Å². The number of allylic oxidation sites excluding steroid dienone is 2. The van der Waals surface area contributed by atoms with Crippen LogP contribution in [0.4, 0.5) is 0 Å². The highest BCUT2D eigenvalue weighted by Crippen LogP contribution is 2.39. The van der Waals surface area contributed by atoms with E-state index in [1.807, 2.05) is 13.8 Å². The summed E-state index contributed by atoms with van der Waals surface area (Å²) in [5.41, 5.74) is 1.18. The lowest BCUT2D eigenvalue weighted by atomic mass is 9.72. The SMILES string of the molecule is CCOC(=O)CNC(=O)CC1CC2=C(CC(C)(C)CC2=O)NC1=O. The Bertz CT molecular complexity index is 606. The number of ether oxygens (including phenoxy) is 1. The van der Waals surface area contributed by atoms with Crippen molar-refractivity contribution in [3.63, 3.8) is 0 Å². The first-order valence-electron chi connectivity index (χ1n) is 8.20. The molecule has 0 saturated carbocycles. The van der Waals surface area contributed by atoms with E-state index in [1.165, 1.54) is 0 Å². The number of amides is 2. The summed E-state index contributed by atoms with van der Waals surface area (Å²) in [5.74, 6) is -1.72. The average molecular weight is 336 g/mol. The molecule has 1 atom stereocenters. The number of nitrogens with one attached hydrogen (secondary N) is 2. The molecule has 0 fully saturated rings. The standard InChI is InChI=1S/C17H24N2O5/c1-4-24-15(22)9-18-14(21)6-10-5-11-12(19-16(10)23)7-17(2,3)8-13(11)20/h10H,4-9H2,1-3H3,(H,18,21)(H,19,23). The molecule has 7 nitrogen and oxygen atoms in total. The Morgan fingerprint density at radius 2 is 2.00 bits per heavy atom. The molecule has 0 radical (unpaired) electrons. The fraction of sp³-hybridized carbons (Fsp3) is 0.647. The third-order valence-electron chi connectivity index (χ3n) is 4.26. The van der Waals surface area contributed by atoms with Crippen molar-refractivity contribution < 1.29 is 23.9 Å². The summed E-state index contributed by atoms with van der Waals surface area (Å²) in [4.78, 5) is 47.7. The van der Waals surface area contributed by atoms with Gasteiger partial charge in [0.1, 0.15) is 6.54 Å². The van der Waals surface area contributed by atoms with E-state index < -0.39 is 17.8 Å². The van der Waals surface area contributed by atoms with Crippen molar-refractivity contribution in [2.75, 3.05) is 13.2 Å². The first-order chi connectivity index (χ1) is 11.2. The number of esters is 1. The third kappa shape index (κ3) is 4.43. The zero-order valence-electron chi connectivity index (χ0n) is 14.4. The van der Waals surface area contributed by atoms with E-state index in [2.05, 4.69) is 10.6 Å². The van der Waals surface area contributed by atoms with Crippen molar-refractivity contribution in [2.45, 2.75) is 46.5 Å². The number of carbonyl (C=O) groups is 4. The lowest BCUT2D eigenvalue weighted by molar-refractivity contribution is -0.143. The third-order valence-corrected chi connectivity index (χ3v) is 4.26. The molecule has 1 aliphatic heterocycles. The predicted molar refractivity (Wildman–Crippen MR) is 85.6 cm³/mol. The lowest BCUT2D eigenvalue weighted by Crippen LogP contribution is -2.43. The maximum absolute atomic E-state index is 12.3. The summed E-state index contributed by atoms with van der Waals surface area (Å²) in [6.45, 7) is 5.70. The highest BCUT2D eigenvalue weighted by Gasteiger charge is 2.39. The van der Waals surface area contributed by atoms with Gasteiger partial charge in [-0.15, -0.1) is 0 Å². The minimum absolute atomic E-state index is 0.0400. The molecule has 0 spiro atoms. The Kier molecular flexibility index (Phi) is 5.41. The normalized spacial score (nSPS) is 22.5. The molecule has 0 bridgehead atoms. The average Bonchev–Trinajstić information content (AvgIpc) is 2.46. The van der Waals surface area contributed by atoms with Gasteiger partial charge in [-0.1, -0.05) is 13.8 Å². The van der Waals surface area contributed by atoms with E-state index in [1.54, 1.807) is 6.92 Å². The summed E-state index contributed by atoms with van der Waals surface area (Å²) < 4.78 is 4.72. The van der Waals surface area contributed by atoms with E-state index in [0.29, 0.717) is 24.1 Å². The molecule has 2 amide bonds. The monoisotopic (exact) mass is 336 g/mol. The van der Waals surface area contributed by atoms with Gasteiger partial charge in [-0.3, -0.25) is 19.2 Å². The minimum atomic E-state index is -0.587. The van der Waals surface area contributed by atoms with E-state index in [4.69, 9.17) is 4.74 Å². The van der Waals surface area contributed by atoms with Gasteiger partial charge in [-0.05, 0) is 25.2 Å². The second kappa shape index (κ2) is 7.15. The summed E-state index contributed by atoms with van der Waals surface area (Å²) in [6.07, 6.45) is 1.33. The van der Waals surface area contributed by atoms with Gasteiger partial charge in [0, 0.05) is 24.1 Å². The first-order valence-corrected chi connectivity index (χ1v) is 8.20. The molecular weight excluding hydrogens is 312 g/mol. The van der Waals surface area contributed by atoms with Crippen LogP contribution < -0.4 is 10.6 Å². The lowest BCUT2D eigenvalue weighted by Gasteiger charge is -2.36. The minimum Gasteiger partial charge on any atom is -0.465 e. The molecule has 0 aromatic heterocycles. The highest BCUT2D eigenvalue weighted by molar-refractivity contribution is 6.01. The number of rotatable bonds is 5. The van der Waals surface area contributed by atoms with Gasteiger partial charge < -0.3 is 15.4 Å². The number of ketones is 1. The van der Waals surface area contributed by atoms with E-state index in [-0.39, 0.29) is 43.1 Å². The Balaban J connectivity index is 1.95. The second-order valence-corrected chi connectivity index (χ2v) is 7.07. The van der Waals surface area contributed by atoms with Crippen molar-refractivity contribution in [1.29, 1.82) is 0 Å². The van der Waals surface area contributed by atoms with Crippen LogP contribution in [0.3, 0.4) is 0 Å². The zero-order chi connectivity index (χ0) is 17.9. The molecule has 0 aromatic carbocycles. The molecule has 24 heavy (non-hydrogen) atoms. The Labute approximate surface area is 141 Å². The van der Waals surface area contributed by atoms with Crippen LogP contribution in [0.25, 0.3) is 0 Å². The van der Waals surface area contributed by atoms with Gasteiger partial charge in [0.15, 0.2) is 5.78 Å². The maximum atomic E-state index is 12.3. The quantitative estimate of drug-likeness (QED) is 0.724. The number of carbonyl (C=O) groups excluding carboxylic acids is 4. The largest absolute Gasteiger partial charge is 0.465 e. The molecule has 7 heteroatoms. The van der Waals surface area contributed by atoms with Gasteiger partial charge in [0.05, 0.1) is 12.5 Å². The molecule has 0 saturated heterocycles. The van der Waals surface area contributed by atoms with E-state index in [9.17, 15) is 19.2 Å². The van der Waals surface area contributed by atoms with Crippen molar-refractivity contribution >= 4 is 23.6 Å². The fourth-order valence-corrected chi connectivity index (χ4v) is 3.15. The number of hydrogen-bond donors (Lipinski definition) is 2. The van der Waals surface area contributed by atoms with Crippen LogP contribution in [-0.4, -0.2) is 36.7 Å². The van der Waals surface area contributed by atoms with Gasteiger partial charge in [-0.2, -0.15) is 0 Å². The van der Waals surface area contributed by atoms with Crippen LogP contribution in [-0.2, 0) is 23.9 Å². The maximum Gasteiger partial charge on any atom is 0.325 e. The molecule has 1 unspecified atom stereocenters. The smallest absolute Gasteiger partial charge is 0.325 e. The summed E-state index contributed by atoms with van der Waals surface area (Å²) in [6, 6.07) is 0. The molecule has 2 N–H and O–H groups in total. The van der Waals surface area contributed by atoms with E-state index >= 15 is 0 Å². The molecule has 2 aliphatic rings. The first kappa shape index (κ1) is 18.2. The Morgan fingerprint density at radius 3 is 2.67 bits per heavy atom. The van der Waals surface area contributed by atoms with Gasteiger partial charge in [0.25, 0.3) is 0 Å². The van der Waals surface area contributed by atoms with Crippen molar-refractivity contribution in [2.24, 2.45) is 11.3 Å². The van der Waals surface area contributed by atoms with Crippen molar-refractivity contribution in [3.8, 4) is 0 Å².